The predicted octanol–water partition coefficient (Wildman–Crippen LogP) is 3.47. The Bertz CT molecular complexity index is 1170. The SMILES string of the molecule is O=C(OCc1cc(-c2ccc3c(c2)OCCO3)on1)c1ccc2nsnc2c1. The molecular formula is C19H13N3O5S. The van der Waals surface area contributed by atoms with Crippen LogP contribution in [0.5, 0.6) is 11.5 Å². The quantitative estimate of drug-likeness (QED) is 0.485. The van der Waals surface area contributed by atoms with Crippen LogP contribution in [0.4, 0.5) is 0 Å². The maximum absolute atomic E-state index is 12.3. The Labute approximate surface area is 163 Å². The summed E-state index contributed by atoms with van der Waals surface area (Å²) in [6.07, 6.45) is 0. The van der Waals surface area contributed by atoms with Gasteiger partial charge in [-0.2, -0.15) is 8.75 Å². The highest BCUT2D eigenvalue weighted by Crippen LogP contribution is 2.34. The van der Waals surface area contributed by atoms with Gasteiger partial charge in [-0.1, -0.05) is 5.16 Å². The van der Waals surface area contributed by atoms with Gasteiger partial charge in [0.2, 0.25) is 0 Å². The van der Waals surface area contributed by atoms with Gasteiger partial charge in [-0.25, -0.2) is 4.79 Å². The number of esters is 1. The van der Waals surface area contributed by atoms with Crippen molar-refractivity contribution in [2.24, 2.45) is 0 Å². The summed E-state index contributed by atoms with van der Waals surface area (Å²) >= 11 is 1.10. The van der Waals surface area contributed by atoms with E-state index in [9.17, 15) is 4.79 Å². The third-order valence-corrected chi connectivity index (χ3v) is 4.78. The molecule has 0 saturated carbocycles. The molecule has 0 atom stereocenters. The smallest absolute Gasteiger partial charge is 0.338 e. The first-order chi connectivity index (χ1) is 13.8. The first kappa shape index (κ1) is 16.7. The fourth-order valence-electron chi connectivity index (χ4n) is 2.84. The lowest BCUT2D eigenvalue weighted by Crippen LogP contribution is -2.15. The fourth-order valence-corrected chi connectivity index (χ4v) is 3.36. The number of hydrogen-bond donors (Lipinski definition) is 0. The van der Waals surface area contributed by atoms with Gasteiger partial charge in [0.25, 0.3) is 0 Å². The van der Waals surface area contributed by atoms with Gasteiger partial charge in [-0.3, -0.25) is 0 Å². The van der Waals surface area contributed by atoms with Crippen LogP contribution in [0, 0.1) is 0 Å². The van der Waals surface area contributed by atoms with E-state index >= 15 is 0 Å². The summed E-state index contributed by atoms with van der Waals surface area (Å²) in [5.41, 5.74) is 3.14. The Kier molecular flexibility index (Phi) is 4.13. The summed E-state index contributed by atoms with van der Waals surface area (Å²) in [4.78, 5) is 12.3. The van der Waals surface area contributed by atoms with E-state index in [0.717, 1.165) is 22.8 Å². The van der Waals surface area contributed by atoms with E-state index in [4.69, 9.17) is 18.7 Å². The van der Waals surface area contributed by atoms with Crippen molar-refractivity contribution in [3.63, 3.8) is 0 Å². The maximum atomic E-state index is 12.3. The van der Waals surface area contributed by atoms with Crippen molar-refractivity contribution in [2.75, 3.05) is 13.2 Å². The maximum Gasteiger partial charge on any atom is 0.338 e. The summed E-state index contributed by atoms with van der Waals surface area (Å²) in [5.74, 6) is 1.47. The molecule has 0 fully saturated rings. The molecule has 0 unspecified atom stereocenters. The van der Waals surface area contributed by atoms with Crippen molar-refractivity contribution in [3.05, 3.63) is 53.7 Å². The second kappa shape index (κ2) is 6.93. The molecule has 0 N–H and O–H groups in total. The van der Waals surface area contributed by atoms with E-state index in [-0.39, 0.29) is 6.61 Å². The van der Waals surface area contributed by atoms with Gasteiger partial charge in [-0.15, -0.1) is 0 Å². The minimum absolute atomic E-state index is 0.000236. The van der Waals surface area contributed by atoms with Crippen LogP contribution < -0.4 is 9.47 Å². The third kappa shape index (κ3) is 3.16. The Balaban J connectivity index is 1.28. The number of fused-ring (bicyclic) bond motifs is 2. The third-order valence-electron chi connectivity index (χ3n) is 4.23. The summed E-state index contributed by atoms with van der Waals surface area (Å²) in [7, 11) is 0. The average molecular weight is 395 g/mol. The van der Waals surface area contributed by atoms with Gasteiger partial charge in [0, 0.05) is 11.6 Å². The van der Waals surface area contributed by atoms with E-state index in [0.29, 0.717) is 47.2 Å². The van der Waals surface area contributed by atoms with Gasteiger partial charge >= 0.3 is 5.97 Å². The van der Waals surface area contributed by atoms with Crippen LogP contribution in [0.25, 0.3) is 22.4 Å². The lowest BCUT2D eigenvalue weighted by atomic mass is 10.1. The van der Waals surface area contributed by atoms with Crippen LogP contribution in [0.2, 0.25) is 0 Å². The van der Waals surface area contributed by atoms with Crippen LogP contribution in [-0.4, -0.2) is 33.1 Å². The molecule has 0 radical (unpaired) electrons. The lowest BCUT2D eigenvalue weighted by Gasteiger charge is -2.18. The first-order valence-corrected chi connectivity index (χ1v) is 9.24. The van der Waals surface area contributed by atoms with Gasteiger partial charge in [0.1, 0.15) is 36.5 Å². The second-order valence-corrected chi connectivity index (χ2v) is 6.61. The lowest BCUT2D eigenvalue weighted by molar-refractivity contribution is 0.0464. The largest absolute Gasteiger partial charge is 0.486 e. The second-order valence-electron chi connectivity index (χ2n) is 6.08. The van der Waals surface area contributed by atoms with Crippen molar-refractivity contribution in [1.82, 2.24) is 13.9 Å². The van der Waals surface area contributed by atoms with Gasteiger partial charge in [0.15, 0.2) is 17.3 Å². The molecule has 28 heavy (non-hydrogen) atoms. The zero-order valence-electron chi connectivity index (χ0n) is 14.5. The van der Waals surface area contributed by atoms with E-state index in [1.165, 1.54) is 0 Å². The number of hydrogen-bond acceptors (Lipinski definition) is 9. The van der Waals surface area contributed by atoms with Crippen LogP contribution in [-0.2, 0) is 11.3 Å². The molecule has 0 spiro atoms. The number of aromatic nitrogens is 3. The Morgan fingerprint density at radius 1 is 1.00 bits per heavy atom. The topological polar surface area (TPSA) is 96.6 Å². The predicted molar refractivity (Wildman–Crippen MR) is 99.5 cm³/mol. The standard InChI is InChI=1S/C19H13N3O5S/c23-19(12-1-3-14-15(7-12)22-28-21-14)26-10-13-9-17(27-20-13)11-2-4-16-18(8-11)25-6-5-24-16/h1-4,7-9H,5-6,10H2. The molecule has 0 amide bonds. The van der Waals surface area contributed by atoms with E-state index in [2.05, 4.69) is 13.9 Å². The van der Waals surface area contributed by atoms with E-state index in [1.54, 1.807) is 24.3 Å². The molecule has 0 bridgehead atoms. The molecule has 8 nitrogen and oxygen atoms in total. The zero-order chi connectivity index (χ0) is 18.9. The molecule has 5 rings (SSSR count). The fraction of sp³-hybridized carbons (Fsp3) is 0.158. The Morgan fingerprint density at radius 3 is 2.79 bits per heavy atom. The molecule has 140 valence electrons. The van der Waals surface area contributed by atoms with Gasteiger partial charge < -0.3 is 18.7 Å². The molecular weight excluding hydrogens is 382 g/mol. The summed E-state index contributed by atoms with van der Waals surface area (Å²) in [6, 6.07) is 12.3. The molecule has 0 saturated heterocycles. The van der Waals surface area contributed by atoms with Crippen LogP contribution in [0.1, 0.15) is 16.1 Å². The Hall–Kier alpha value is -3.46. The minimum Gasteiger partial charge on any atom is -0.486 e. The molecule has 3 heterocycles. The number of carbonyl (C=O) groups excluding carboxylic acids is 1. The number of ether oxygens (including phenoxy) is 3. The number of rotatable bonds is 4. The molecule has 1 aliphatic rings. The van der Waals surface area contributed by atoms with Gasteiger partial charge in [-0.05, 0) is 36.4 Å². The average Bonchev–Trinajstić information content (AvgIpc) is 3.40. The zero-order valence-corrected chi connectivity index (χ0v) is 15.3. The molecule has 9 heteroatoms. The Morgan fingerprint density at radius 2 is 1.86 bits per heavy atom. The van der Waals surface area contributed by atoms with Crippen molar-refractivity contribution in [1.29, 1.82) is 0 Å². The summed E-state index contributed by atoms with van der Waals surface area (Å²) in [5, 5.41) is 3.97. The highest BCUT2D eigenvalue weighted by Gasteiger charge is 2.16. The van der Waals surface area contributed by atoms with Crippen molar-refractivity contribution < 1.29 is 23.5 Å². The summed E-state index contributed by atoms with van der Waals surface area (Å²) < 4.78 is 30.0. The number of nitrogens with zero attached hydrogens (tertiary/aromatic N) is 3. The van der Waals surface area contributed by atoms with E-state index in [1.807, 2.05) is 18.2 Å². The molecule has 2 aromatic heterocycles. The summed E-state index contributed by atoms with van der Waals surface area (Å²) in [6.45, 7) is 1.05. The van der Waals surface area contributed by atoms with Crippen LogP contribution in [0.3, 0.4) is 0 Å². The normalized spacial score (nSPS) is 12.9. The van der Waals surface area contributed by atoms with Crippen molar-refractivity contribution in [3.8, 4) is 22.8 Å². The highest BCUT2D eigenvalue weighted by atomic mass is 32.1. The van der Waals surface area contributed by atoms with Crippen LogP contribution >= 0.6 is 11.7 Å². The molecule has 4 aromatic rings. The van der Waals surface area contributed by atoms with Crippen molar-refractivity contribution >= 4 is 28.7 Å². The molecule has 0 aliphatic carbocycles. The molecule has 2 aromatic carbocycles. The molecule has 1 aliphatic heterocycles. The monoisotopic (exact) mass is 395 g/mol. The number of benzene rings is 2. The van der Waals surface area contributed by atoms with Crippen LogP contribution in [0.15, 0.2) is 47.0 Å². The van der Waals surface area contributed by atoms with E-state index < -0.39 is 5.97 Å². The minimum atomic E-state index is -0.459. The first-order valence-electron chi connectivity index (χ1n) is 8.51. The van der Waals surface area contributed by atoms with Gasteiger partial charge in [0.05, 0.1) is 17.3 Å². The highest BCUT2D eigenvalue weighted by molar-refractivity contribution is 7.00. The van der Waals surface area contributed by atoms with Crippen molar-refractivity contribution in [2.45, 2.75) is 6.61 Å². The number of carbonyl (C=O) groups is 1.